The van der Waals surface area contributed by atoms with E-state index in [1.807, 2.05) is 6.92 Å². The van der Waals surface area contributed by atoms with Crippen molar-refractivity contribution < 1.29 is 9.22 Å². The van der Waals surface area contributed by atoms with E-state index < -0.39 is 8.32 Å². The summed E-state index contributed by atoms with van der Waals surface area (Å²) >= 11 is 0. The van der Waals surface area contributed by atoms with Crippen molar-refractivity contribution >= 4 is 14.1 Å². The zero-order chi connectivity index (χ0) is 21.5. The molecule has 0 unspecified atom stereocenters. The quantitative estimate of drug-likeness (QED) is 0.334. The van der Waals surface area contributed by atoms with Gasteiger partial charge in [-0.25, -0.2) is 0 Å². The van der Waals surface area contributed by atoms with Crippen molar-refractivity contribution in [3.8, 4) is 5.75 Å². The van der Waals surface area contributed by atoms with E-state index in [4.69, 9.17) is 4.43 Å². The first-order valence-corrected chi connectivity index (χ1v) is 13.4. The predicted molar refractivity (Wildman–Crippen MR) is 119 cm³/mol. The van der Waals surface area contributed by atoms with E-state index in [0.29, 0.717) is 12.8 Å². The van der Waals surface area contributed by atoms with Gasteiger partial charge in [0.05, 0.1) is 0 Å². The van der Waals surface area contributed by atoms with Crippen molar-refractivity contribution in [2.45, 2.75) is 104 Å². The molecule has 0 bridgehead atoms. The van der Waals surface area contributed by atoms with Crippen molar-refractivity contribution in [2.24, 2.45) is 10.2 Å². The van der Waals surface area contributed by atoms with Gasteiger partial charge in [0.1, 0.15) is 5.75 Å². The second-order valence-electron chi connectivity index (χ2n) is 10.5. The minimum absolute atomic E-state index is 0.122. The lowest BCUT2D eigenvalue weighted by molar-refractivity contribution is 0.0975. The monoisotopic (exact) mass is 402 g/mol. The molecule has 0 radical (unpaired) electrons. The van der Waals surface area contributed by atoms with Crippen LogP contribution in [-0.4, -0.2) is 19.8 Å². The van der Waals surface area contributed by atoms with Crippen molar-refractivity contribution in [1.82, 2.24) is 0 Å². The lowest BCUT2D eigenvalue weighted by Gasteiger charge is -2.38. The predicted octanol–water partition coefficient (Wildman–Crippen LogP) is 7.46. The fourth-order valence-corrected chi connectivity index (χ4v) is 3.95. The average molecular weight is 403 g/mol. The molecule has 0 aromatic heterocycles. The summed E-state index contributed by atoms with van der Waals surface area (Å²) in [5.74, 6) is 1.75. The summed E-state index contributed by atoms with van der Waals surface area (Å²) in [7, 11) is -1.99. The summed E-state index contributed by atoms with van der Waals surface area (Å²) in [6.07, 6.45) is 1.16. The van der Waals surface area contributed by atoms with Gasteiger partial charge in [0.15, 0.2) is 11.4 Å². The highest BCUT2D eigenvalue weighted by Gasteiger charge is 2.40. The highest BCUT2D eigenvalue weighted by Crippen LogP contribution is 2.43. The average Bonchev–Trinajstić information content (AvgIpc) is 3.28. The standard InChI is InChI=1S/C23H38N2O2Si/c1-15(2)18-13-17(20(26)11-12-23(8)24-25-23)14-19(16(3)4)21(18)27-28(9,10)22(5,6)7/h13-16H,11-12H2,1-10H3. The van der Waals surface area contributed by atoms with Crippen LogP contribution in [0, 0.1) is 0 Å². The summed E-state index contributed by atoms with van der Waals surface area (Å²) in [6, 6.07) is 4.12. The third-order valence-electron chi connectivity index (χ3n) is 6.14. The van der Waals surface area contributed by atoms with Crippen LogP contribution in [0.1, 0.15) is 102 Å². The van der Waals surface area contributed by atoms with Crippen LogP contribution in [-0.2, 0) is 0 Å². The van der Waals surface area contributed by atoms with E-state index in [9.17, 15) is 4.79 Å². The maximum atomic E-state index is 12.9. The lowest BCUT2D eigenvalue weighted by atomic mass is 9.89. The smallest absolute Gasteiger partial charge is 0.250 e. The molecule has 0 saturated heterocycles. The van der Waals surface area contributed by atoms with E-state index in [0.717, 1.165) is 22.4 Å². The summed E-state index contributed by atoms with van der Waals surface area (Å²) in [4.78, 5) is 12.9. The molecule has 0 saturated carbocycles. The molecule has 4 nitrogen and oxygen atoms in total. The van der Waals surface area contributed by atoms with Crippen LogP contribution in [0.25, 0.3) is 0 Å². The van der Waals surface area contributed by atoms with Crippen molar-refractivity contribution in [1.29, 1.82) is 0 Å². The highest BCUT2D eigenvalue weighted by molar-refractivity contribution is 6.74. The minimum Gasteiger partial charge on any atom is -0.543 e. The van der Waals surface area contributed by atoms with E-state index in [1.54, 1.807) is 0 Å². The van der Waals surface area contributed by atoms with Gasteiger partial charge in [0.25, 0.3) is 8.32 Å². The Hall–Kier alpha value is -1.49. The van der Waals surface area contributed by atoms with Gasteiger partial charge in [-0.05, 0) is 60.2 Å². The minimum atomic E-state index is -1.99. The number of ketones is 1. The number of carbonyl (C=O) groups excluding carboxylic acids is 1. The van der Waals surface area contributed by atoms with Gasteiger partial charge in [-0.3, -0.25) is 4.79 Å². The fourth-order valence-electron chi connectivity index (χ4n) is 2.90. The van der Waals surface area contributed by atoms with Gasteiger partial charge >= 0.3 is 0 Å². The Morgan fingerprint density at radius 1 is 1.07 bits per heavy atom. The molecule has 1 aliphatic rings. The van der Waals surface area contributed by atoms with Crippen molar-refractivity contribution in [2.75, 3.05) is 0 Å². The second kappa shape index (κ2) is 7.73. The molecule has 2 rings (SSSR count). The van der Waals surface area contributed by atoms with Crippen LogP contribution in [0.3, 0.4) is 0 Å². The third kappa shape index (κ3) is 5.10. The molecule has 28 heavy (non-hydrogen) atoms. The zero-order valence-corrected chi connectivity index (χ0v) is 20.4. The maximum Gasteiger partial charge on any atom is 0.250 e. The van der Waals surface area contributed by atoms with Crippen molar-refractivity contribution in [3.63, 3.8) is 0 Å². The number of Topliss-reactive ketones (excluding diaryl/α,β-unsaturated/α-hetero) is 1. The summed E-state index contributed by atoms with van der Waals surface area (Å²) in [6.45, 7) is 22.0. The number of nitrogens with zero attached hydrogens (tertiary/aromatic N) is 2. The van der Waals surface area contributed by atoms with E-state index in [2.05, 4.69) is 83.9 Å². The summed E-state index contributed by atoms with van der Waals surface area (Å²) in [5.41, 5.74) is 2.75. The Kier molecular flexibility index (Phi) is 6.30. The van der Waals surface area contributed by atoms with Gasteiger partial charge in [-0.15, -0.1) is 0 Å². The molecule has 0 amide bonds. The summed E-state index contributed by atoms with van der Waals surface area (Å²) in [5, 5.41) is 8.17. The van der Waals surface area contributed by atoms with E-state index in [-0.39, 0.29) is 28.3 Å². The molecular weight excluding hydrogens is 364 g/mol. The molecule has 1 heterocycles. The van der Waals surface area contributed by atoms with Gasteiger partial charge < -0.3 is 4.43 Å². The topological polar surface area (TPSA) is 51.0 Å². The molecule has 0 spiro atoms. The molecule has 1 aliphatic heterocycles. The third-order valence-corrected chi connectivity index (χ3v) is 10.5. The zero-order valence-electron chi connectivity index (χ0n) is 19.4. The fraction of sp³-hybridized carbons (Fsp3) is 0.696. The summed E-state index contributed by atoms with van der Waals surface area (Å²) < 4.78 is 6.81. The molecule has 0 fully saturated rings. The molecule has 0 N–H and O–H groups in total. The van der Waals surface area contributed by atoms with Crippen LogP contribution in [0.4, 0.5) is 0 Å². The first kappa shape index (κ1) is 22.8. The van der Waals surface area contributed by atoms with Crippen LogP contribution < -0.4 is 4.43 Å². The van der Waals surface area contributed by atoms with Gasteiger partial charge in [0, 0.05) is 18.4 Å². The van der Waals surface area contributed by atoms with Crippen LogP contribution in [0.5, 0.6) is 5.75 Å². The molecule has 1 aromatic carbocycles. The molecule has 0 aliphatic carbocycles. The Morgan fingerprint density at radius 3 is 1.89 bits per heavy atom. The molecule has 156 valence electrons. The maximum absolute atomic E-state index is 12.9. The molecule has 0 atom stereocenters. The van der Waals surface area contributed by atoms with Gasteiger partial charge in [-0.1, -0.05) is 48.5 Å². The molecule has 1 aromatic rings. The Balaban J connectivity index is 2.45. The molecule has 5 heteroatoms. The first-order chi connectivity index (χ1) is 12.7. The van der Waals surface area contributed by atoms with E-state index >= 15 is 0 Å². The lowest BCUT2D eigenvalue weighted by Crippen LogP contribution is -2.44. The number of benzene rings is 1. The van der Waals surface area contributed by atoms with Gasteiger partial charge in [-0.2, -0.15) is 10.2 Å². The number of rotatable bonds is 8. The van der Waals surface area contributed by atoms with E-state index in [1.165, 1.54) is 0 Å². The molecular formula is C23H38N2O2Si. The number of hydrogen-bond donors (Lipinski definition) is 0. The Labute approximate surface area is 172 Å². The Bertz CT molecular complexity index is 738. The highest BCUT2D eigenvalue weighted by atomic mass is 28.4. The normalized spacial score (nSPS) is 16.0. The SMILES string of the molecule is CC(C)c1cc(C(=O)CCC2(C)N=N2)cc(C(C)C)c1O[Si](C)(C)C(C)(C)C. The number of carbonyl (C=O) groups is 1. The Morgan fingerprint density at radius 2 is 1.54 bits per heavy atom. The van der Waals surface area contributed by atoms with Crippen LogP contribution in [0.15, 0.2) is 22.4 Å². The van der Waals surface area contributed by atoms with Crippen LogP contribution >= 0.6 is 0 Å². The first-order valence-electron chi connectivity index (χ1n) is 10.5. The number of hydrogen-bond acceptors (Lipinski definition) is 4. The van der Waals surface area contributed by atoms with Crippen molar-refractivity contribution in [3.05, 3.63) is 28.8 Å². The van der Waals surface area contributed by atoms with Crippen LogP contribution in [0.2, 0.25) is 18.1 Å². The largest absolute Gasteiger partial charge is 0.543 e. The second-order valence-corrected chi connectivity index (χ2v) is 15.2. The van der Waals surface area contributed by atoms with Gasteiger partial charge in [0.2, 0.25) is 0 Å².